The van der Waals surface area contributed by atoms with Crippen molar-refractivity contribution in [2.45, 2.75) is 38.6 Å². The summed E-state index contributed by atoms with van der Waals surface area (Å²) in [6.45, 7) is 5.40. The largest absolute Gasteiger partial charge is 0.360 e. The second-order valence-corrected chi connectivity index (χ2v) is 7.35. The highest BCUT2D eigenvalue weighted by atomic mass is 32.1. The molecule has 1 aromatic carbocycles. The van der Waals surface area contributed by atoms with Gasteiger partial charge in [-0.2, -0.15) is 0 Å². The van der Waals surface area contributed by atoms with Crippen LogP contribution >= 0.6 is 12.2 Å². The monoisotopic (exact) mass is 345 g/mol. The number of hydrogen-bond donors (Lipinski definition) is 1. The molecule has 2 fully saturated rings. The molecule has 0 aromatic heterocycles. The van der Waals surface area contributed by atoms with Gasteiger partial charge < -0.3 is 15.1 Å². The minimum Gasteiger partial charge on any atom is -0.360 e. The van der Waals surface area contributed by atoms with E-state index < -0.39 is 0 Å². The highest BCUT2D eigenvalue weighted by Crippen LogP contribution is 2.24. The Morgan fingerprint density at radius 2 is 1.67 bits per heavy atom. The molecule has 1 saturated carbocycles. The molecule has 0 spiro atoms. The van der Waals surface area contributed by atoms with Crippen LogP contribution in [0.1, 0.15) is 43.0 Å². The van der Waals surface area contributed by atoms with E-state index in [9.17, 15) is 4.79 Å². The van der Waals surface area contributed by atoms with E-state index in [1.165, 1.54) is 25.7 Å². The number of nitrogens with one attached hydrogen (secondary N) is 1. The maximum atomic E-state index is 12.5. The molecule has 5 heteroatoms. The number of nitrogens with zero attached hydrogens (tertiary/aromatic N) is 2. The molecule has 1 amide bonds. The topological polar surface area (TPSA) is 35.6 Å². The molecular weight excluding hydrogens is 318 g/mol. The SMILES string of the molecule is C[C@@H]1CCCC[C@@H]1NC(=S)N1CCN(C(=O)c2ccccc2)CC1. The van der Waals surface area contributed by atoms with Gasteiger partial charge in [-0.05, 0) is 43.1 Å². The Labute approximate surface area is 150 Å². The van der Waals surface area contributed by atoms with Gasteiger partial charge in [0.15, 0.2) is 5.11 Å². The maximum absolute atomic E-state index is 12.5. The summed E-state index contributed by atoms with van der Waals surface area (Å²) in [5.74, 6) is 0.813. The van der Waals surface area contributed by atoms with Gasteiger partial charge in [-0.1, -0.05) is 38.0 Å². The lowest BCUT2D eigenvalue weighted by Gasteiger charge is -2.38. The van der Waals surface area contributed by atoms with Crippen LogP contribution < -0.4 is 5.32 Å². The molecule has 1 saturated heterocycles. The van der Waals surface area contributed by atoms with Gasteiger partial charge in [-0.15, -0.1) is 0 Å². The molecule has 1 aliphatic heterocycles. The number of thiocarbonyl (C=S) groups is 1. The van der Waals surface area contributed by atoms with Crippen molar-refractivity contribution in [2.24, 2.45) is 5.92 Å². The minimum absolute atomic E-state index is 0.120. The van der Waals surface area contributed by atoms with E-state index in [1.807, 2.05) is 35.2 Å². The predicted molar refractivity (Wildman–Crippen MR) is 101 cm³/mol. The van der Waals surface area contributed by atoms with Crippen LogP contribution in [-0.2, 0) is 0 Å². The van der Waals surface area contributed by atoms with Gasteiger partial charge >= 0.3 is 0 Å². The van der Waals surface area contributed by atoms with Crippen LogP contribution in [0.4, 0.5) is 0 Å². The third-order valence-corrected chi connectivity index (χ3v) is 5.67. The Hall–Kier alpha value is -1.62. The number of carbonyl (C=O) groups is 1. The molecule has 0 unspecified atom stereocenters. The van der Waals surface area contributed by atoms with E-state index in [4.69, 9.17) is 12.2 Å². The molecule has 24 heavy (non-hydrogen) atoms. The van der Waals surface area contributed by atoms with Crippen LogP contribution in [0.25, 0.3) is 0 Å². The summed E-state index contributed by atoms with van der Waals surface area (Å²) in [5.41, 5.74) is 0.766. The zero-order valence-electron chi connectivity index (χ0n) is 14.4. The molecular formula is C19H27N3OS. The normalized spacial score (nSPS) is 24.5. The lowest BCUT2D eigenvalue weighted by atomic mass is 9.86. The molecule has 3 rings (SSSR count). The average Bonchev–Trinajstić information content (AvgIpc) is 2.64. The predicted octanol–water partition coefficient (Wildman–Crippen LogP) is 2.90. The third kappa shape index (κ3) is 4.07. The first-order chi connectivity index (χ1) is 11.6. The highest BCUT2D eigenvalue weighted by Gasteiger charge is 2.26. The third-order valence-electron chi connectivity index (χ3n) is 5.30. The molecule has 1 aromatic rings. The first-order valence-electron chi connectivity index (χ1n) is 9.05. The van der Waals surface area contributed by atoms with Gasteiger partial charge in [-0.3, -0.25) is 4.79 Å². The van der Waals surface area contributed by atoms with E-state index in [0.717, 1.165) is 36.9 Å². The van der Waals surface area contributed by atoms with Crippen molar-refractivity contribution in [3.05, 3.63) is 35.9 Å². The summed E-state index contributed by atoms with van der Waals surface area (Å²) in [5, 5.41) is 4.43. The lowest BCUT2D eigenvalue weighted by molar-refractivity contribution is 0.0690. The second kappa shape index (κ2) is 7.97. The molecule has 1 aliphatic carbocycles. The molecule has 1 heterocycles. The summed E-state index contributed by atoms with van der Waals surface area (Å²) in [6.07, 6.45) is 5.14. The fourth-order valence-corrected chi connectivity index (χ4v) is 3.99. The van der Waals surface area contributed by atoms with Gasteiger partial charge in [0.05, 0.1) is 0 Å². The fourth-order valence-electron chi connectivity index (χ4n) is 3.66. The smallest absolute Gasteiger partial charge is 0.253 e. The zero-order chi connectivity index (χ0) is 16.9. The Bertz CT molecular complexity index is 569. The van der Waals surface area contributed by atoms with Gasteiger partial charge in [-0.25, -0.2) is 0 Å². The number of piperazine rings is 1. The number of amides is 1. The van der Waals surface area contributed by atoms with E-state index in [0.29, 0.717) is 12.0 Å². The molecule has 1 N–H and O–H groups in total. The summed E-state index contributed by atoms with van der Waals surface area (Å²) >= 11 is 5.62. The summed E-state index contributed by atoms with van der Waals surface area (Å²) < 4.78 is 0. The average molecular weight is 346 g/mol. The van der Waals surface area contributed by atoms with Crippen LogP contribution in [0, 0.1) is 5.92 Å². The van der Waals surface area contributed by atoms with Gasteiger partial charge in [0.2, 0.25) is 0 Å². The maximum Gasteiger partial charge on any atom is 0.253 e. The van der Waals surface area contributed by atoms with Crippen molar-refractivity contribution in [3.8, 4) is 0 Å². The quantitative estimate of drug-likeness (QED) is 0.836. The lowest BCUT2D eigenvalue weighted by Crippen LogP contribution is -2.55. The summed E-state index contributed by atoms with van der Waals surface area (Å²) in [4.78, 5) is 16.6. The van der Waals surface area contributed by atoms with Crippen molar-refractivity contribution >= 4 is 23.2 Å². The Morgan fingerprint density at radius 3 is 2.33 bits per heavy atom. The molecule has 0 radical (unpaired) electrons. The highest BCUT2D eigenvalue weighted by molar-refractivity contribution is 7.80. The molecule has 130 valence electrons. The van der Waals surface area contributed by atoms with Gasteiger partial charge in [0.25, 0.3) is 5.91 Å². The van der Waals surface area contributed by atoms with E-state index in [2.05, 4.69) is 17.1 Å². The molecule has 4 nitrogen and oxygen atoms in total. The minimum atomic E-state index is 0.120. The van der Waals surface area contributed by atoms with Crippen LogP contribution in [0.2, 0.25) is 0 Å². The van der Waals surface area contributed by atoms with Gasteiger partial charge in [0.1, 0.15) is 0 Å². The van der Waals surface area contributed by atoms with Crippen molar-refractivity contribution in [1.82, 2.24) is 15.1 Å². The van der Waals surface area contributed by atoms with Crippen molar-refractivity contribution in [3.63, 3.8) is 0 Å². The van der Waals surface area contributed by atoms with E-state index in [-0.39, 0.29) is 5.91 Å². The van der Waals surface area contributed by atoms with Crippen LogP contribution in [0.15, 0.2) is 30.3 Å². The van der Waals surface area contributed by atoms with Crippen molar-refractivity contribution in [1.29, 1.82) is 0 Å². The van der Waals surface area contributed by atoms with Crippen LogP contribution in [-0.4, -0.2) is 53.0 Å². The van der Waals surface area contributed by atoms with Crippen LogP contribution in [0.3, 0.4) is 0 Å². The number of carbonyl (C=O) groups excluding carboxylic acids is 1. The Kier molecular flexibility index (Phi) is 5.72. The first-order valence-corrected chi connectivity index (χ1v) is 9.46. The number of benzene rings is 1. The number of hydrogen-bond acceptors (Lipinski definition) is 2. The fraction of sp³-hybridized carbons (Fsp3) is 0.579. The van der Waals surface area contributed by atoms with E-state index in [1.54, 1.807) is 0 Å². The second-order valence-electron chi connectivity index (χ2n) is 6.96. The number of rotatable bonds is 2. The van der Waals surface area contributed by atoms with E-state index >= 15 is 0 Å². The summed E-state index contributed by atoms with van der Waals surface area (Å²) in [6, 6.07) is 10.0. The van der Waals surface area contributed by atoms with Crippen LogP contribution in [0.5, 0.6) is 0 Å². The molecule has 2 aliphatic rings. The molecule has 0 bridgehead atoms. The van der Waals surface area contributed by atoms with Crippen molar-refractivity contribution in [2.75, 3.05) is 26.2 Å². The summed E-state index contributed by atoms with van der Waals surface area (Å²) in [7, 11) is 0. The Balaban J connectivity index is 1.49. The Morgan fingerprint density at radius 1 is 1.04 bits per heavy atom. The molecule has 2 atom stereocenters. The zero-order valence-corrected chi connectivity index (χ0v) is 15.2. The van der Waals surface area contributed by atoms with Gasteiger partial charge in [0, 0.05) is 37.8 Å². The van der Waals surface area contributed by atoms with Crippen molar-refractivity contribution < 1.29 is 4.79 Å². The first kappa shape index (κ1) is 17.2. The standard InChI is InChI=1S/C19H27N3OS/c1-15-7-5-6-10-17(15)20-19(24)22-13-11-21(12-14-22)18(23)16-8-3-2-4-9-16/h2-4,8-9,15,17H,5-7,10-14H2,1H3,(H,20,24)/t15-,17+/m1/s1.